The van der Waals surface area contributed by atoms with Gasteiger partial charge < -0.3 is 0 Å². The molecule has 2 aromatic carbocycles. The number of piperidine rings is 1. The number of thioether (sulfide) groups is 1. The van der Waals surface area contributed by atoms with Gasteiger partial charge in [-0.15, -0.1) is 0 Å². The number of rotatable bonds is 6. The first-order valence-corrected chi connectivity index (χ1v) is 15.3. The number of benzene rings is 2. The number of nitrogens with zero attached hydrogens (tertiary/aromatic N) is 4. The third kappa shape index (κ3) is 5.22. The van der Waals surface area contributed by atoms with E-state index in [2.05, 4.69) is 13.8 Å². The van der Waals surface area contributed by atoms with Crippen LogP contribution < -0.4 is 0 Å². The molecule has 7 nitrogen and oxygen atoms in total. The van der Waals surface area contributed by atoms with E-state index in [0.717, 1.165) is 12.1 Å². The Hall–Kier alpha value is -2.79. The minimum Gasteiger partial charge on any atom is -0.293 e. The molecule has 1 aromatic heterocycles. The maximum absolute atomic E-state index is 13.6. The molecule has 0 aliphatic carbocycles. The highest BCUT2D eigenvalue weighted by molar-refractivity contribution is 8.26. The Morgan fingerprint density at radius 1 is 1.08 bits per heavy atom. The Morgan fingerprint density at radius 3 is 2.45 bits per heavy atom. The van der Waals surface area contributed by atoms with Crippen molar-refractivity contribution >= 4 is 50.3 Å². The minimum atomic E-state index is -3.66. The van der Waals surface area contributed by atoms with Gasteiger partial charge >= 0.3 is 0 Å². The number of likely N-dealkylation sites (N-methyl/N-ethyl adjacent to an activating group) is 1. The zero-order valence-corrected chi connectivity index (χ0v) is 24.0. The van der Waals surface area contributed by atoms with E-state index in [1.54, 1.807) is 38.2 Å². The Kier molecular flexibility index (Phi) is 7.59. The van der Waals surface area contributed by atoms with Gasteiger partial charge in [0.05, 0.1) is 15.5 Å². The van der Waals surface area contributed by atoms with E-state index in [4.69, 9.17) is 17.3 Å². The summed E-state index contributed by atoms with van der Waals surface area (Å²) in [5.41, 5.74) is 2.82. The van der Waals surface area contributed by atoms with Gasteiger partial charge in [0.1, 0.15) is 10.0 Å². The smallest absolute Gasteiger partial charge is 0.266 e. The molecule has 2 fully saturated rings. The first-order valence-electron chi connectivity index (χ1n) is 12.7. The lowest BCUT2D eigenvalue weighted by Crippen LogP contribution is -2.42. The molecule has 1 amide bonds. The van der Waals surface area contributed by atoms with Crippen LogP contribution in [0.15, 0.2) is 70.6 Å². The highest BCUT2D eigenvalue weighted by Gasteiger charge is 2.33. The van der Waals surface area contributed by atoms with Crippen molar-refractivity contribution in [2.75, 3.05) is 19.6 Å². The zero-order chi connectivity index (χ0) is 27.0. The number of hydrogen-bond acceptors (Lipinski definition) is 6. The predicted molar refractivity (Wildman–Crippen MR) is 156 cm³/mol. The first-order chi connectivity index (χ1) is 18.2. The molecule has 2 atom stereocenters. The fraction of sp³-hybridized carbons (Fsp3) is 0.321. The Labute approximate surface area is 233 Å². The molecule has 5 rings (SSSR count). The summed E-state index contributed by atoms with van der Waals surface area (Å²) in [5.74, 6) is 0.490. The lowest BCUT2D eigenvalue weighted by molar-refractivity contribution is -0.121. The van der Waals surface area contributed by atoms with Crippen LogP contribution in [0.5, 0.6) is 0 Å². The van der Waals surface area contributed by atoms with Gasteiger partial charge in [0.2, 0.25) is 10.0 Å². The number of hydrogen-bond donors (Lipinski definition) is 0. The number of carbonyl (C=O) groups is 1. The third-order valence-electron chi connectivity index (χ3n) is 6.82. The van der Waals surface area contributed by atoms with Gasteiger partial charge in [0.15, 0.2) is 0 Å². The van der Waals surface area contributed by atoms with Crippen LogP contribution in [0.4, 0.5) is 0 Å². The summed E-state index contributed by atoms with van der Waals surface area (Å²) in [7, 11) is -3.66. The SMILES string of the molecule is CCN1C(=O)/C(=C/c2cn(-c3ccccc3)nc2-c2cccc(S(=O)(=O)N3CC(C)CC(C)C3)c2)SC1=S. The number of para-hydroxylation sites is 1. The summed E-state index contributed by atoms with van der Waals surface area (Å²) in [6.45, 7) is 7.62. The molecule has 3 heterocycles. The molecule has 2 aliphatic heterocycles. The molecule has 2 saturated heterocycles. The average Bonchev–Trinajstić information content (AvgIpc) is 3.44. The van der Waals surface area contributed by atoms with Crippen molar-refractivity contribution in [3.05, 3.63) is 71.3 Å². The molecule has 0 N–H and O–H groups in total. The van der Waals surface area contributed by atoms with E-state index in [1.165, 1.54) is 11.8 Å². The molecular formula is C28H30N4O3S3. The summed E-state index contributed by atoms with van der Waals surface area (Å²) in [6.07, 6.45) is 4.68. The second-order valence-electron chi connectivity index (χ2n) is 9.94. The topological polar surface area (TPSA) is 75.5 Å². The Bertz CT molecular complexity index is 1510. The molecule has 0 bridgehead atoms. The number of carbonyl (C=O) groups excluding carboxylic acids is 1. The van der Waals surface area contributed by atoms with Crippen LogP contribution in [0.2, 0.25) is 0 Å². The third-order valence-corrected chi connectivity index (χ3v) is 10.0. The molecule has 0 radical (unpaired) electrons. The van der Waals surface area contributed by atoms with Gasteiger partial charge in [-0.25, -0.2) is 13.1 Å². The van der Waals surface area contributed by atoms with Crippen molar-refractivity contribution < 1.29 is 13.2 Å². The Morgan fingerprint density at radius 2 is 1.79 bits per heavy atom. The van der Waals surface area contributed by atoms with Gasteiger partial charge in [0.25, 0.3) is 5.91 Å². The van der Waals surface area contributed by atoms with E-state index < -0.39 is 10.0 Å². The summed E-state index contributed by atoms with van der Waals surface area (Å²) in [4.78, 5) is 15.3. The molecule has 38 heavy (non-hydrogen) atoms. The number of amides is 1. The standard InChI is InChI=1S/C28H30N4O3S3/c1-4-31-27(33)25(37-28(31)36)15-22-18-32(23-10-6-5-7-11-23)29-26(22)21-9-8-12-24(14-21)38(34,35)30-16-19(2)13-20(3)17-30/h5-12,14-15,18-20H,4,13,16-17H2,1-3H3/b25-15-. The van der Waals surface area contributed by atoms with Crippen molar-refractivity contribution in [1.29, 1.82) is 0 Å². The van der Waals surface area contributed by atoms with Gasteiger partial charge in [-0.05, 0) is 55.5 Å². The molecule has 198 valence electrons. The molecular weight excluding hydrogens is 537 g/mol. The quantitative estimate of drug-likeness (QED) is 0.293. The van der Waals surface area contributed by atoms with E-state index >= 15 is 0 Å². The summed E-state index contributed by atoms with van der Waals surface area (Å²) in [6, 6.07) is 16.6. The van der Waals surface area contributed by atoms with Crippen LogP contribution in [-0.4, -0.2) is 57.3 Å². The van der Waals surface area contributed by atoms with Crippen LogP contribution in [-0.2, 0) is 14.8 Å². The maximum atomic E-state index is 13.6. The van der Waals surface area contributed by atoms with Crippen molar-refractivity contribution in [3.63, 3.8) is 0 Å². The maximum Gasteiger partial charge on any atom is 0.266 e. The average molecular weight is 567 g/mol. The summed E-state index contributed by atoms with van der Waals surface area (Å²) in [5, 5.41) is 4.83. The fourth-order valence-electron chi connectivity index (χ4n) is 5.10. The normalized spacial score (nSPS) is 22.0. The highest BCUT2D eigenvalue weighted by Crippen LogP contribution is 2.35. The van der Waals surface area contributed by atoms with E-state index in [1.807, 2.05) is 49.5 Å². The van der Waals surface area contributed by atoms with Gasteiger partial charge in [-0.1, -0.05) is 68.2 Å². The van der Waals surface area contributed by atoms with Crippen LogP contribution in [0.25, 0.3) is 23.0 Å². The van der Waals surface area contributed by atoms with Crippen molar-refractivity contribution in [2.24, 2.45) is 11.8 Å². The summed E-state index contributed by atoms with van der Waals surface area (Å²) >= 11 is 6.66. The Balaban J connectivity index is 1.58. The fourth-order valence-corrected chi connectivity index (χ4v) is 8.20. The van der Waals surface area contributed by atoms with Crippen LogP contribution in [0.3, 0.4) is 0 Å². The largest absolute Gasteiger partial charge is 0.293 e. The second-order valence-corrected chi connectivity index (χ2v) is 13.5. The van der Waals surface area contributed by atoms with E-state index in [-0.39, 0.29) is 10.8 Å². The van der Waals surface area contributed by atoms with E-state index in [0.29, 0.717) is 57.5 Å². The number of thiocarbonyl (C=S) groups is 1. The molecule has 3 aromatic rings. The van der Waals surface area contributed by atoms with Crippen LogP contribution in [0, 0.1) is 11.8 Å². The number of sulfonamides is 1. The van der Waals surface area contributed by atoms with Crippen molar-refractivity contribution in [1.82, 2.24) is 19.0 Å². The van der Waals surface area contributed by atoms with E-state index in [9.17, 15) is 13.2 Å². The first kappa shape index (κ1) is 26.8. The van der Waals surface area contributed by atoms with Crippen molar-refractivity contribution in [2.45, 2.75) is 32.1 Å². The van der Waals surface area contributed by atoms with Gasteiger partial charge in [-0.2, -0.15) is 9.40 Å². The molecule has 2 unspecified atom stereocenters. The summed E-state index contributed by atoms with van der Waals surface area (Å²) < 4.78 is 31.1. The van der Waals surface area contributed by atoms with Gasteiger partial charge in [0, 0.05) is 37.0 Å². The number of aromatic nitrogens is 2. The van der Waals surface area contributed by atoms with Crippen LogP contribution in [0.1, 0.15) is 32.8 Å². The zero-order valence-electron chi connectivity index (χ0n) is 21.6. The lowest BCUT2D eigenvalue weighted by atomic mass is 9.94. The second kappa shape index (κ2) is 10.8. The highest BCUT2D eigenvalue weighted by atomic mass is 32.2. The van der Waals surface area contributed by atoms with Crippen LogP contribution >= 0.6 is 24.0 Å². The monoisotopic (exact) mass is 566 g/mol. The lowest BCUT2D eigenvalue weighted by Gasteiger charge is -2.34. The van der Waals surface area contributed by atoms with Crippen molar-refractivity contribution in [3.8, 4) is 16.9 Å². The molecule has 2 aliphatic rings. The molecule has 0 spiro atoms. The molecule has 0 saturated carbocycles. The minimum absolute atomic E-state index is 0.134. The molecule has 10 heteroatoms. The van der Waals surface area contributed by atoms with Gasteiger partial charge in [-0.3, -0.25) is 9.69 Å². The predicted octanol–water partition coefficient (Wildman–Crippen LogP) is 5.43.